The summed E-state index contributed by atoms with van der Waals surface area (Å²) < 4.78 is 6.89. The molecule has 0 fully saturated rings. The highest BCUT2D eigenvalue weighted by atomic mass is 35.5. The lowest BCUT2D eigenvalue weighted by Crippen LogP contribution is -2.43. The minimum Gasteiger partial charge on any atom is -0.497 e. The standard InChI is InChI=1S/C21H29ClN4O3/c1-14(2)25(20(28)12-22)13-19(27)23-18-11-17(21(3,4)5)24-26(18)15-7-9-16(29-6)10-8-15/h7-11,14H,12-13H2,1-6H3,(H,23,27). The second-order valence-electron chi connectivity index (χ2n) is 8.07. The number of anilines is 1. The monoisotopic (exact) mass is 420 g/mol. The fourth-order valence-electron chi connectivity index (χ4n) is 2.73. The summed E-state index contributed by atoms with van der Waals surface area (Å²) in [4.78, 5) is 26.1. The highest BCUT2D eigenvalue weighted by molar-refractivity contribution is 6.27. The number of carbonyl (C=O) groups excluding carboxylic acids is 2. The summed E-state index contributed by atoms with van der Waals surface area (Å²) in [6, 6.07) is 9.11. The Morgan fingerprint density at radius 2 is 1.86 bits per heavy atom. The number of benzene rings is 1. The van der Waals surface area contributed by atoms with Gasteiger partial charge in [0.15, 0.2) is 0 Å². The molecule has 0 saturated heterocycles. The van der Waals surface area contributed by atoms with Gasteiger partial charge < -0.3 is 15.0 Å². The van der Waals surface area contributed by atoms with E-state index >= 15 is 0 Å². The molecule has 0 aliphatic carbocycles. The number of hydrogen-bond donors (Lipinski definition) is 1. The van der Waals surface area contributed by atoms with Crippen LogP contribution in [-0.4, -0.2) is 52.1 Å². The van der Waals surface area contributed by atoms with Crippen LogP contribution in [0.25, 0.3) is 5.69 Å². The Hall–Kier alpha value is -2.54. The third-order valence-corrected chi connectivity index (χ3v) is 4.66. The topological polar surface area (TPSA) is 76.5 Å². The van der Waals surface area contributed by atoms with Crippen molar-refractivity contribution in [3.63, 3.8) is 0 Å². The first-order valence-electron chi connectivity index (χ1n) is 9.47. The van der Waals surface area contributed by atoms with Crippen LogP contribution < -0.4 is 10.1 Å². The summed E-state index contributed by atoms with van der Waals surface area (Å²) in [6.45, 7) is 9.77. The number of rotatable bonds is 7. The van der Waals surface area contributed by atoms with Crippen molar-refractivity contribution in [2.24, 2.45) is 0 Å². The molecule has 1 heterocycles. The first kappa shape index (κ1) is 22.7. The van der Waals surface area contributed by atoms with E-state index in [1.165, 1.54) is 4.90 Å². The van der Waals surface area contributed by atoms with Crippen molar-refractivity contribution in [2.45, 2.75) is 46.1 Å². The van der Waals surface area contributed by atoms with Crippen LogP contribution >= 0.6 is 11.6 Å². The van der Waals surface area contributed by atoms with Crippen LogP contribution in [0.15, 0.2) is 30.3 Å². The van der Waals surface area contributed by atoms with E-state index in [0.717, 1.165) is 17.1 Å². The summed E-state index contributed by atoms with van der Waals surface area (Å²) in [5.41, 5.74) is 1.42. The van der Waals surface area contributed by atoms with E-state index in [-0.39, 0.29) is 35.7 Å². The molecule has 0 aliphatic heterocycles. The summed E-state index contributed by atoms with van der Waals surface area (Å²) >= 11 is 5.67. The Labute approximate surface area is 177 Å². The van der Waals surface area contributed by atoms with Gasteiger partial charge in [0, 0.05) is 17.5 Å². The van der Waals surface area contributed by atoms with Crippen molar-refractivity contribution in [1.29, 1.82) is 0 Å². The second kappa shape index (κ2) is 9.31. The first-order chi connectivity index (χ1) is 13.6. The van der Waals surface area contributed by atoms with Crippen molar-refractivity contribution < 1.29 is 14.3 Å². The third kappa shape index (κ3) is 5.73. The third-order valence-electron chi connectivity index (χ3n) is 4.43. The van der Waals surface area contributed by atoms with Gasteiger partial charge in [0.2, 0.25) is 11.8 Å². The van der Waals surface area contributed by atoms with Gasteiger partial charge >= 0.3 is 0 Å². The predicted molar refractivity (Wildman–Crippen MR) is 115 cm³/mol. The molecular formula is C21H29ClN4O3. The molecule has 0 radical (unpaired) electrons. The number of hydrogen-bond acceptors (Lipinski definition) is 4. The van der Waals surface area contributed by atoms with Crippen molar-refractivity contribution >= 4 is 29.2 Å². The van der Waals surface area contributed by atoms with Gasteiger partial charge in [0.1, 0.15) is 24.0 Å². The molecule has 1 N–H and O–H groups in total. The molecule has 158 valence electrons. The van der Waals surface area contributed by atoms with E-state index in [0.29, 0.717) is 5.82 Å². The molecule has 1 aromatic heterocycles. The Balaban J connectivity index is 2.33. The number of methoxy groups -OCH3 is 1. The number of nitrogens with one attached hydrogen (secondary N) is 1. The number of alkyl halides is 1. The molecule has 2 aromatic rings. The normalized spacial score (nSPS) is 11.4. The first-order valence-corrected chi connectivity index (χ1v) is 10.0. The van der Waals surface area contributed by atoms with Gasteiger partial charge in [-0.2, -0.15) is 5.10 Å². The molecular weight excluding hydrogens is 392 g/mol. The Kier molecular flexibility index (Phi) is 7.30. The number of amides is 2. The molecule has 1 aromatic carbocycles. The molecule has 8 heteroatoms. The van der Waals surface area contributed by atoms with Crippen LogP contribution in [-0.2, 0) is 15.0 Å². The van der Waals surface area contributed by atoms with Gasteiger partial charge in [-0.05, 0) is 38.1 Å². The zero-order valence-corrected chi connectivity index (χ0v) is 18.6. The molecule has 29 heavy (non-hydrogen) atoms. The average molecular weight is 421 g/mol. The molecule has 0 unspecified atom stereocenters. The SMILES string of the molecule is COc1ccc(-n2nc(C(C)(C)C)cc2NC(=O)CN(C(=O)CCl)C(C)C)cc1. The highest BCUT2D eigenvalue weighted by Crippen LogP contribution is 2.27. The van der Waals surface area contributed by atoms with E-state index < -0.39 is 0 Å². The Morgan fingerprint density at radius 3 is 2.34 bits per heavy atom. The lowest BCUT2D eigenvalue weighted by molar-refractivity contribution is -0.134. The number of ether oxygens (including phenoxy) is 1. The molecule has 0 spiro atoms. The smallest absolute Gasteiger partial charge is 0.245 e. The van der Waals surface area contributed by atoms with Gasteiger partial charge in [-0.3, -0.25) is 9.59 Å². The summed E-state index contributed by atoms with van der Waals surface area (Å²) in [5, 5.41) is 7.57. The molecule has 2 rings (SSSR count). The van der Waals surface area contributed by atoms with Gasteiger partial charge in [-0.25, -0.2) is 4.68 Å². The molecule has 7 nitrogen and oxygen atoms in total. The number of carbonyl (C=O) groups is 2. The van der Waals surface area contributed by atoms with Crippen LogP contribution in [0.4, 0.5) is 5.82 Å². The molecule has 2 amide bonds. The lowest BCUT2D eigenvalue weighted by Gasteiger charge is -2.25. The van der Waals surface area contributed by atoms with E-state index in [1.807, 2.05) is 44.2 Å². The Bertz CT molecular complexity index is 854. The van der Waals surface area contributed by atoms with Crippen LogP contribution in [0.5, 0.6) is 5.75 Å². The van der Waals surface area contributed by atoms with Crippen molar-refractivity contribution in [1.82, 2.24) is 14.7 Å². The van der Waals surface area contributed by atoms with E-state index in [2.05, 4.69) is 31.2 Å². The zero-order valence-electron chi connectivity index (χ0n) is 17.8. The molecule has 0 saturated carbocycles. The van der Waals surface area contributed by atoms with Crippen LogP contribution in [0.1, 0.15) is 40.3 Å². The molecule has 0 atom stereocenters. The second-order valence-corrected chi connectivity index (χ2v) is 8.34. The van der Waals surface area contributed by atoms with E-state index in [4.69, 9.17) is 16.3 Å². The van der Waals surface area contributed by atoms with E-state index in [1.54, 1.807) is 11.8 Å². The minimum absolute atomic E-state index is 0.0815. The van der Waals surface area contributed by atoms with Crippen LogP contribution in [0.3, 0.4) is 0 Å². The summed E-state index contributed by atoms with van der Waals surface area (Å²) in [7, 11) is 1.61. The van der Waals surface area contributed by atoms with Gasteiger partial charge in [0.25, 0.3) is 0 Å². The number of halogens is 1. The van der Waals surface area contributed by atoms with Crippen molar-refractivity contribution in [3.8, 4) is 11.4 Å². The van der Waals surface area contributed by atoms with E-state index in [9.17, 15) is 9.59 Å². The fourth-order valence-corrected chi connectivity index (χ4v) is 2.88. The summed E-state index contributed by atoms with van der Waals surface area (Å²) in [5.74, 6) is 0.508. The van der Waals surface area contributed by atoms with Gasteiger partial charge in [-0.1, -0.05) is 20.8 Å². The lowest BCUT2D eigenvalue weighted by atomic mass is 9.92. The number of nitrogens with zero attached hydrogens (tertiary/aromatic N) is 3. The summed E-state index contributed by atoms with van der Waals surface area (Å²) in [6.07, 6.45) is 0. The van der Waals surface area contributed by atoms with Gasteiger partial charge in [0.05, 0.1) is 18.5 Å². The Morgan fingerprint density at radius 1 is 1.24 bits per heavy atom. The average Bonchev–Trinajstić information content (AvgIpc) is 3.09. The maximum absolute atomic E-state index is 12.7. The number of aromatic nitrogens is 2. The van der Waals surface area contributed by atoms with Crippen LogP contribution in [0, 0.1) is 0 Å². The van der Waals surface area contributed by atoms with Crippen molar-refractivity contribution in [2.75, 3.05) is 24.9 Å². The fraction of sp³-hybridized carbons (Fsp3) is 0.476. The zero-order chi connectivity index (χ0) is 21.8. The predicted octanol–water partition coefficient (Wildman–Crippen LogP) is 3.59. The minimum atomic E-state index is -0.313. The van der Waals surface area contributed by atoms with Gasteiger partial charge in [-0.15, -0.1) is 11.6 Å². The maximum Gasteiger partial charge on any atom is 0.245 e. The largest absolute Gasteiger partial charge is 0.497 e. The van der Waals surface area contributed by atoms with Crippen LogP contribution in [0.2, 0.25) is 0 Å². The molecule has 0 aliphatic rings. The quantitative estimate of drug-likeness (QED) is 0.694. The highest BCUT2D eigenvalue weighted by Gasteiger charge is 2.23. The molecule has 0 bridgehead atoms. The van der Waals surface area contributed by atoms with Crippen molar-refractivity contribution in [3.05, 3.63) is 36.0 Å². The maximum atomic E-state index is 12.7.